The second-order valence-corrected chi connectivity index (χ2v) is 8.82. The number of likely N-dealkylation sites (tertiary alicyclic amines) is 1. The second kappa shape index (κ2) is 10.0. The van der Waals surface area contributed by atoms with E-state index in [4.69, 9.17) is 4.74 Å². The maximum atomic E-state index is 10.6. The predicted octanol–water partition coefficient (Wildman–Crippen LogP) is 2.53. The monoisotopic (exact) mass is 439 g/mol. The Labute approximate surface area is 188 Å². The molecule has 172 valence electrons. The van der Waals surface area contributed by atoms with Crippen molar-refractivity contribution in [3.63, 3.8) is 0 Å². The highest BCUT2D eigenvalue weighted by Gasteiger charge is 2.33. The highest BCUT2D eigenvalue weighted by atomic mass is 16.5. The second-order valence-electron chi connectivity index (χ2n) is 8.82. The maximum absolute atomic E-state index is 10.6. The number of rotatable bonds is 9. The number of aliphatic hydroxyl groups is 3. The molecule has 3 aromatic rings. The zero-order chi connectivity index (χ0) is 22.6. The Bertz CT molecular complexity index is 1020. The van der Waals surface area contributed by atoms with Gasteiger partial charge in [-0.2, -0.15) is 5.10 Å². The van der Waals surface area contributed by atoms with Crippen LogP contribution >= 0.6 is 0 Å². The van der Waals surface area contributed by atoms with Gasteiger partial charge in [0, 0.05) is 35.7 Å². The number of aliphatic hydroxyl groups excluding tert-OH is 3. The van der Waals surface area contributed by atoms with E-state index in [-0.39, 0.29) is 25.2 Å². The van der Waals surface area contributed by atoms with Crippen LogP contribution < -0.4 is 4.74 Å². The summed E-state index contributed by atoms with van der Waals surface area (Å²) in [5, 5.41) is 36.2. The van der Waals surface area contributed by atoms with Crippen LogP contribution in [-0.2, 0) is 6.54 Å². The molecule has 0 amide bonds. The van der Waals surface area contributed by atoms with Crippen molar-refractivity contribution in [2.75, 3.05) is 39.5 Å². The third-order valence-electron chi connectivity index (χ3n) is 6.64. The number of piperidine rings is 1. The van der Waals surface area contributed by atoms with Gasteiger partial charge in [0.2, 0.25) is 0 Å². The van der Waals surface area contributed by atoms with Gasteiger partial charge in [-0.25, -0.2) is 0 Å². The predicted molar refractivity (Wildman–Crippen MR) is 125 cm³/mol. The molecule has 0 saturated carbocycles. The first-order valence-corrected chi connectivity index (χ1v) is 11.4. The minimum absolute atomic E-state index is 0.00526. The summed E-state index contributed by atoms with van der Waals surface area (Å²) in [5.41, 5.74) is 1.80. The van der Waals surface area contributed by atoms with Gasteiger partial charge >= 0.3 is 0 Å². The van der Waals surface area contributed by atoms with Crippen LogP contribution in [0, 0.1) is 5.41 Å². The molecule has 1 unspecified atom stereocenters. The van der Waals surface area contributed by atoms with Crippen molar-refractivity contribution in [1.82, 2.24) is 14.7 Å². The largest absolute Gasteiger partial charge is 0.490 e. The van der Waals surface area contributed by atoms with E-state index in [0.29, 0.717) is 6.54 Å². The molecule has 0 aliphatic carbocycles. The lowest BCUT2D eigenvalue weighted by Crippen LogP contribution is -2.46. The molecule has 1 aliphatic heterocycles. The first-order valence-electron chi connectivity index (χ1n) is 11.4. The van der Waals surface area contributed by atoms with E-state index in [1.54, 1.807) is 0 Å². The van der Waals surface area contributed by atoms with Crippen molar-refractivity contribution >= 4 is 10.8 Å². The zero-order valence-electron chi connectivity index (χ0n) is 18.7. The molecule has 2 aromatic carbocycles. The topological polar surface area (TPSA) is 91.0 Å². The van der Waals surface area contributed by atoms with Crippen LogP contribution in [0.25, 0.3) is 21.9 Å². The molecule has 1 aliphatic rings. The Hall–Kier alpha value is -2.45. The quantitative estimate of drug-likeness (QED) is 0.475. The van der Waals surface area contributed by atoms with E-state index in [1.165, 1.54) is 0 Å². The van der Waals surface area contributed by atoms with Crippen LogP contribution in [0.5, 0.6) is 5.75 Å². The van der Waals surface area contributed by atoms with E-state index in [1.807, 2.05) is 41.3 Å². The Kier molecular flexibility index (Phi) is 7.10. The molecule has 1 saturated heterocycles. The molecule has 0 spiro atoms. The minimum Gasteiger partial charge on any atom is -0.490 e. The number of fused-ring (bicyclic) bond motifs is 1. The normalized spacial score (nSPS) is 17.5. The lowest BCUT2D eigenvalue weighted by molar-refractivity contribution is -0.0156. The van der Waals surface area contributed by atoms with Crippen LogP contribution in [0.15, 0.2) is 48.8 Å². The number of aryl methyl sites for hydroxylation is 1. The SMILES string of the molecule is CCn1cc(-c2ccc(OCC(O)CN3CCC(CO)(CO)CC3)c3ccccc23)cn1. The van der Waals surface area contributed by atoms with Gasteiger partial charge in [0.15, 0.2) is 0 Å². The average molecular weight is 440 g/mol. The molecule has 0 bridgehead atoms. The Morgan fingerprint density at radius 3 is 2.44 bits per heavy atom. The summed E-state index contributed by atoms with van der Waals surface area (Å²) in [6.45, 7) is 5.13. The van der Waals surface area contributed by atoms with E-state index in [9.17, 15) is 15.3 Å². The first-order chi connectivity index (χ1) is 15.6. The van der Waals surface area contributed by atoms with Gasteiger partial charge in [-0.05, 0) is 55.9 Å². The van der Waals surface area contributed by atoms with Gasteiger partial charge in [0.05, 0.1) is 19.4 Å². The molecule has 2 heterocycles. The molecule has 1 atom stereocenters. The maximum Gasteiger partial charge on any atom is 0.127 e. The highest BCUT2D eigenvalue weighted by Crippen LogP contribution is 2.34. The Balaban J connectivity index is 1.41. The van der Waals surface area contributed by atoms with Crippen molar-refractivity contribution < 1.29 is 20.1 Å². The summed E-state index contributed by atoms with van der Waals surface area (Å²) in [7, 11) is 0. The lowest BCUT2D eigenvalue weighted by Gasteiger charge is -2.40. The number of hydrogen-bond acceptors (Lipinski definition) is 6. The number of benzene rings is 2. The number of ether oxygens (including phenoxy) is 1. The summed E-state index contributed by atoms with van der Waals surface area (Å²) in [5.74, 6) is 0.754. The smallest absolute Gasteiger partial charge is 0.127 e. The molecule has 0 radical (unpaired) electrons. The summed E-state index contributed by atoms with van der Waals surface area (Å²) in [4.78, 5) is 2.17. The number of aromatic nitrogens is 2. The van der Waals surface area contributed by atoms with Crippen LogP contribution in [0.4, 0.5) is 0 Å². The third-order valence-corrected chi connectivity index (χ3v) is 6.64. The molecular weight excluding hydrogens is 406 g/mol. The van der Waals surface area contributed by atoms with Crippen molar-refractivity contribution in [2.24, 2.45) is 5.41 Å². The lowest BCUT2D eigenvalue weighted by atomic mass is 9.80. The first kappa shape index (κ1) is 22.7. The van der Waals surface area contributed by atoms with Crippen LogP contribution in [-0.4, -0.2) is 75.6 Å². The average Bonchev–Trinajstić information content (AvgIpc) is 3.32. The van der Waals surface area contributed by atoms with E-state index < -0.39 is 6.10 Å². The highest BCUT2D eigenvalue weighted by molar-refractivity contribution is 5.99. The molecule has 4 rings (SSSR count). The van der Waals surface area contributed by atoms with E-state index >= 15 is 0 Å². The van der Waals surface area contributed by atoms with E-state index in [2.05, 4.69) is 29.1 Å². The number of hydrogen-bond donors (Lipinski definition) is 3. The van der Waals surface area contributed by atoms with Crippen molar-refractivity contribution in [1.29, 1.82) is 0 Å². The molecule has 1 aromatic heterocycles. The van der Waals surface area contributed by atoms with Crippen molar-refractivity contribution in [2.45, 2.75) is 32.4 Å². The molecule has 3 N–H and O–H groups in total. The summed E-state index contributed by atoms with van der Waals surface area (Å²) < 4.78 is 7.96. The Morgan fingerprint density at radius 1 is 1.06 bits per heavy atom. The van der Waals surface area contributed by atoms with Gasteiger partial charge in [-0.3, -0.25) is 4.68 Å². The van der Waals surface area contributed by atoms with Gasteiger partial charge < -0.3 is 25.0 Å². The zero-order valence-corrected chi connectivity index (χ0v) is 18.7. The molecule has 32 heavy (non-hydrogen) atoms. The summed E-state index contributed by atoms with van der Waals surface area (Å²) >= 11 is 0. The van der Waals surface area contributed by atoms with Crippen molar-refractivity contribution in [3.8, 4) is 16.9 Å². The number of nitrogens with zero attached hydrogens (tertiary/aromatic N) is 3. The standard InChI is InChI=1S/C25H33N3O4/c1-2-28-14-19(13-26-28)21-7-8-24(23-6-4-3-5-22(21)23)32-16-20(31)15-27-11-9-25(17-29,18-30)10-12-27/h3-8,13-14,20,29-31H,2,9-12,15-18H2,1H3. The fourth-order valence-corrected chi connectivity index (χ4v) is 4.44. The van der Waals surface area contributed by atoms with Crippen LogP contribution in [0.2, 0.25) is 0 Å². The van der Waals surface area contributed by atoms with Crippen LogP contribution in [0.3, 0.4) is 0 Å². The molecule has 1 fully saturated rings. The van der Waals surface area contributed by atoms with Gasteiger partial charge in [-0.1, -0.05) is 24.3 Å². The van der Waals surface area contributed by atoms with E-state index in [0.717, 1.165) is 60.1 Å². The number of β-amino-alcohol motifs (C(OH)–C–C–N with tert-alkyl or cyclic N) is 1. The molecule has 7 heteroatoms. The van der Waals surface area contributed by atoms with Crippen LogP contribution in [0.1, 0.15) is 19.8 Å². The van der Waals surface area contributed by atoms with Gasteiger partial charge in [0.1, 0.15) is 18.5 Å². The summed E-state index contributed by atoms with van der Waals surface area (Å²) in [6.07, 6.45) is 4.78. The fourth-order valence-electron chi connectivity index (χ4n) is 4.44. The third kappa shape index (κ3) is 4.81. The Morgan fingerprint density at radius 2 is 1.78 bits per heavy atom. The summed E-state index contributed by atoms with van der Waals surface area (Å²) in [6, 6.07) is 12.1. The van der Waals surface area contributed by atoms with Gasteiger partial charge in [0.25, 0.3) is 0 Å². The fraction of sp³-hybridized carbons (Fsp3) is 0.480. The minimum atomic E-state index is -0.619. The van der Waals surface area contributed by atoms with Crippen molar-refractivity contribution in [3.05, 3.63) is 48.8 Å². The molecular formula is C25H33N3O4. The van der Waals surface area contributed by atoms with Gasteiger partial charge in [-0.15, -0.1) is 0 Å². The molecule has 7 nitrogen and oxygen atoms in total.